The monoisotopic (exact) mass is 399 g/mol. The first-order valence-corrected chi connectivity index (χ1v) is 8.91. The maximum absolute atomic E-state index is 13.0. The number of benzene rings is 2. The summed E-state index contributed by atoms with van der Waals surface area (Å²) in [7, 11) is 3.03. The standard InChI is InChI=1S/C19H16FN3O4.C2H6/c1-26-15-8-7-14(11-16(15)27-2)23-17(9-10-21-23)22-19(25)18(24)12-3-5-13(20)6-4-12;1-2/h3-11H,1-2H3,(H,22,25);1-2H3. The number of aromatic nitrogens is 2. The topological polar surface area (TPSA) is 82.5 Å². The third-order valence-electron chi connectivity index (χ3n) is 3.81. The molecular weight excluding hydrogens is 377 g/mol. The van der Waals surface area contributed by atoms with Crippen LogP contribution in [0.5, 0.6) is 11.5 Å². The number of hydrogen-bond acceptors (Lipinski definition) is 5. The van der Waals surface area contributed by atoms with E-state index in [1.807, 2.05) is 13.8 Å². The highest BCUT2D eigenvalue weighted by atomic mass is 19.1. The van der Waals surface area contributed by atoms with Crippen LogP contribution < -0.4 is 14.8 Å². The van der Waals surface area contributed by atoms with E-state index in [-0.39, 0.29) is 5.56 Å². The molecule has 0 aliphatic rings. The van der Waals surface area contributed by atoms with Crippen LogP contribution in [0.15, 0.2) is 54.7 Å². The summed E-state index contributed by atoms with van der Waals surface area (Å²) in [4.78, 5) is 24.5. The maximum atomic E-state index is 13.0. The van der Waals surface area contributed by atoms with Gasteiger partial charge in [0.05, 0.1) is 26.1 Å². The molecule has 8 heteroatoms. The fourth-order valence-corrected chi connectivity index (χ4v) is 2.47. The highest BCUT2D eigenvalue weighted by Gasteiger charge is 2.19. The van der Waals surface area contributed by atoms with Crippen molar-refractivity contribution in [1.82, 2.24) is 9.78 Å². The number of anilines is 1. The molecule has 0 aliphatic heterocycles. The number of ether oxygens (including phenoxy) is 2. The lowest BCUT2D eigenvalue weighted by atomic mass is 10.1. The summed E-state index contributed by atoms with van der Waals surface area (Å²) in [6.45, 7) is 4.00. The molecule has 0 aliphatic carbocycles. The van der Waals surface area contributed by atoms with Crippen LogP contribution in [-0.4, -0.2) is 35.7 Å². The van der Waals surface area contributed by atoms with Gasteiger partial charge in [0.2, 0.25) is 0 Å². The van der Waals surface area contributed by atoms with Crippen LogP contribution >= 0.6 is 0 Å². The van der Waals surface area contributed by atoms with Crippen LogP contribution in [-0.2, 0) is 4.79 Å². The van der Waals surface area contributed by atoms with Crippen LogP contribution in [0.3, 0.4) is 0 Å². The van der Waals surface area contributed by atoms with Gasteiger partial charge in [0.25, 0.3) is 11.7 Å². The second kappa shape index (κ2) is 10.0. The Hall–Kier alpha value is -3.68. The minimum absolute atomic E-state index is 0.0890. The number of amides is 1. The number of hydrogen-bond donors (Lipinski definition) is 1. The summed E-state index contributed by atoms with van der Waals surface area (Å²) >= 11 is 0. The Bertz CT molecular complexity index is 984. The van der Waals surface area contributed by atoms with E-state index >= 15 is 0 Å². The molecule has 1 amide bonds. The molecule has 7 nitrogen and oxygen atoms in total. The van der Waals surface area contributed by atoms with Gasteiger partial charge >= 0.3 is 0 Å². The van der Waals surface area contributed by atoms with Gasteiger partial charge in [0, 0.05) is 17.7 Å². The van der Waals surface area contributed by atoms with Gasteiger partial charge in [-0.2, -0.15) is 5.10 Å². The molecule has 152 valence electrons. The van der Waals surface area contributed by atoms with E-state index in [0.29, 0.717) is 23.0 Å². The Labute approximate surface area is 168 Å². The van der Waals surface area contributed by atoms with Crippen LogP contribution in [0.1, 0.15) is 24.2 Å². The minimum atomic E-state index is -0.858. The zero-order valence-electron chi connectivity index (χ0n) is 16.6. The Balaban J connectivity index is 0.00000145. The van der Waals surface area contributed by atoms with Gasteiger partial charge in [0.1, 0.15) is 11.6 Å². The van der Waals surface area contributed by atoms with E-state index in [2.05, 4.69) is 10.4 Å². The van der Waals surface area contributed by atoms with Crippen LogP contribution in [0.2, 0.25) is 0 Å². The number of nitrogens with zero attached hydrogens (tertiary/aromatic N) is 2. The van der Waals surface area contributed by atoms with Gasteiger partial charge < -0.3 is 14.8 Å². The molecule has 1 N–H and O–H groups in total. The lowest BCUT2D eigenvalue weighted by Gasteiger charge is -2.12. The van der Waals surface area contributed by atoms with Crippen molar-refractivity contribution in [3.8, 4) is 17.2 Å². The number of ketones is 1. The molecule has 1 aromatic heterocycles. The number of Topliss-reactive ketones (excluding diaryl/α,β-unsaturated/α-hetero) is 1. The fourth-order valence-electron chi connectivity index (χ4n) is 2.47. The Kier molecular flexibility index (Phi) is 7.47. The third kappa shape index (κ3) is 4.98. The third-order valence-corrected chi connectivity index (χ3v) is 3.81. The second-order valence-electron chi connectivity index (χ2n) is 5.46. The van der Waals surface area contributed by atoms with Gasteiger partial charge in [-0.1, -0.05) is 13.8 Å². The first-order valence-electron chi connectivity index (χ1n) is 8.91. The average molecular weight is 399 g/mol. The van der Waals surface area contributed by atoms with Gasteiger partial charge in [-0.15, -0.1) is 0 Å². The molecule has 3 aromatic rings. The van der Waals surface area contributed by atoms with Crippen LogP contribution in [0, 0.1) is 5.82 Å². The molecule has 1 heterocycles. The fraction of sp³-hybridized carbons (Fsp3) is 0.190. The Morgan fingerprint density at radius 2 is 1.62 bits per heavy atom. The summed E-state index contributed by atoms with van der Waals surface area (Å²) in [5.74, 6) is -0.796. The van der Waals surface area contributed by atoms with Crippen molar-refractivity contribution in [3.05, 3.63) is 66.1 Å². The molecule has 3 rings (SSSR count). The Morgan fingerprint density at radius 3 is 2.24 bits per heavy atom. The minimum Gasteiger partial charge on any atom is -0.493 e. The first-order chi connectivity index (χ1) is 14.0. The maximum Gasteiger partial charge on any atom is 0.297 e. The van der Waals surface area contributed by atoms with E-state index in [4.69, 9.17) is 9.47 Å². The van der Waals surface area contributed by atoms with Crippen LogP contribution in [0.4, 0.5) is 10.2 Å². The van der Waals surface area contributed by atoms with Gasteiger partial charge in [0.15, 0.2) is 11.5 Å². The van der Waals surface area contributed by atoms with Gasteiger partial charge in [-0.3, -0.25) is 9.59 Å². The van der Waals surface area contributed by atoms with E-state index in [1.54, 1.807) is 24.3 Å². The molecule has 0 saturated heterocycles. The lowest BCUT2D eigenvalue weighted by Crippen LogP contribution is -2.24. The molecule has 0 bridgehead atoms. The number of carbonyl (C=O) groups excluding carboxylic acids is 2. The number of methoxy groups -OCH3 is 2. The molecule has 0 atom stereocenters. The van der Waals surface area contributed by atoms with Crippen molar-refractivity contribution in [2.45, 2.75) is 13.8 Å². The molecule has 0 fully saturated rings. The summed E-state index contributed by atoms with van der Waals surface area (Å²) in [6, 6.07) is 11.4. The van der Waals surface area contributed by atoms with Crippen molar-refractivity contribution in [2.75, 3.05) is 19.5 Å². The summed E-state index contributed by atoms with van der Waals surface area (Å²) < 4.78 is 24.9. The SMILES string of the molecule is CC.COc1ccc(-n2nccc2NC(=O)C(=O)c2ccc(F)cc2)cc1OC. The summed E-state index contributed by atoms with van der Waals surface area (Å²) in [5.41, 5.74) is 0.688. The smallest absolute Gasteiger partial charge is 0.297 e. The number of rotatable bonds is 6. The van der Waals surface area contributed by atoms with E-state index < -0.39 is 17.5 Å². The van der Waals surface area contributed by atoms with Crippen molar-refractivity contribution < 1.29 is 23.5 Å². The molecule has 0 saturated carbocycles. The largest absolute Gasteiger partial charge is 0.493 e. The van der Waals surface area contributed by atoms with Crippen LogP contribution in [0.25, 0.3) is 5.69 Å². The Morgan fingerprint density at radius 1 is 0.966 bits per heavy atom. The number of nitrogens with one attached hydrogen (secondary N) is 1. The quantitative estimate of drug-likeness (QED) is 0.503. The zero-order chi connectivity index (χ0) is 21.4. The zero-order valence-corrected chi connectivity index (χ0v) is 16.6. The van der Waals surface area contributed by atoms with Crippen molar-refractivity contribution in [3.63, 3.8) is 0 Å². The molecule has 2 aromatic carbocycles. The van der Waals surface area contributed by atoms with Gasteiger partial charge in [-0.05, 0) is 36.4 Å². The number of halogens is 1. The van der Waals surface area contributed by atoms with E-state index in [1.165, 1.54) is 37.2 Å². The summed E-state index contributed by atoms with van der Waals surface area (Å²) in [6.07, 6.45) is 1.48. The summed E-state index contributed by atoms with van der Waals surface area (Å²) in [5, 5.41) is 6.67. The molecule has 29 heavy (non-hydrogen) atoms. The van der Waals surface area contributed by atoms with Crippen molar-refractivity contribution in [2.24, 2.45) is 0 Å². The predicted octanol–water partition coefficient (Wildman–Crippen LogP) is 3.88. The van der Waals surface area contributed by atoms with E-state index in [9.17, 15) is 14.0 Å². The lowest BCUT2D eigenvalue weighted by molar-refractivity contribution is -0.112. The van der Waals surface area contributed by atoms with Crippen molar-refractivity contribution >= 4 is 17.5 Å². The van der Waals surface area contributed by atoms with E-state index in [0.717, 1.165) is 12.1 Å². The molecular formula is C21H22FN3O4. The average Bonchev–Trinajstić information content (AvgIpc) is 3.22. The highest BCUT2D eigenvalue weighted by molar-refractivity contribution is 6.46. The van der Waals surface area contributed by atoms with Gasteiger partial charge in [-0.25, -0.2) is 9.07 Å². The normalized spacial score (nSPS) is 9.83. The molecule has 0 spiro atoms. The predicted molar refractivity (Wildman–Crippen MR) is 107 cm³/mol. The molecule has 0 unspecified atom stereocenters. The number of carbonyl (C=O) groups is 2. The van der Waals surface area contributed by atoms with Crippen molar-refractivity contribution in [1.29, 1.82) is 0 Å². The highest BCUT2D eigenvalue weighted by Crippen LogP contribution is 2.30. The molecule has 0 radical (unpaired) electrons. The second-order valence-corrected chi connectivity index (χ2v) is 5.46. The first kappa shape index (κ1) is 21.6.